The molecule has 2 N–H and O–H groups in total. The topological polar surface area (TPSA) is 85.2 Å². The number of nitrogens with zero attached hydrogens (tertiary/aromatic N) is 6. The lowest BCUT2D eigenvalue weighted by atomic mass is 10.2. The standard InChI is InChI=1S/C10H13N7/c1-16(2)9-5-3-8(4-6-9)7-12-17-10(11)13-14-15-17/h3-7H,1-2H3,(H2,11,13,15)/b12-7+. The lowest BCUT2D eigenvalue weighted by Crippen LogP contribution is -2.08. The Morgan fingerprint density at radius 3 is 2.53 bits per heavy atom. The van der Waals surface area contributed by atoms with Gasteiger partial charge in [-0.15, -0.1) is 0 Å². The van der Waals surface area contributed by atoms with Crippen molar-refractivity contribution in [2.45, 2.75) is 0 Å². The number of hydrogen-bond donors (Lipinski definition) is 1. The van der Waals surface area contributed by atoms with Gasteiger partial charge in [0.15, 0.2) is 0 Å². The van der Waals surface area contributed by atoms with Crippen LogP contribution in [0.2, 0.25) is 0 Å². The van der Waals surface area contributed by atoms with Crippen molar-refractivity contribution in [2.75, 3.05) is 24.7 Å². The number of nitrogens with two attached hydrogens (primary N) is 1. The molecule has 1 aromatic carbocycles. The molecule has 1 heterocycles. The van der Waals surface area contributed by atoms with E-state index < -0.39 is 0 Å². The van der Waals surface area contributed by atoms with Crippen molar-refractivity contribution >= 4 is 17.9 Å². The molecular weight excluding hydrogens is 218 g/mol. The van der Waals surface area contributed by atoms with E-state index in [9.17, 15) is 0 Å². The average molecular weight is 231 g/mol. The second-order valence-electron chi connectivity index (χ2n) is 3.66. The summed E-state index contributed by atoms with van der Waals surface area (Å²) in [4.78, 5) is 3.19. The minimum absolute atomic E-state index is 0.158. The molecule has 0 saturated heterocycles. The molecule has 0 aliphatic rings. The van der Waals surface area contributed by atoms with Gasteiger partial charge >= 0.3 is 0 Å². The predicted octanol–water partition coefficient (Wildman–Crippen LogP) is 0.203. The fraction of sp³-hybridized carbons (Fsp3) is 0.200. The van der Waals surface area contributed by atoms with E-state index in [0.29, 0.717) is 0 Å². The summed E-state index contributed by atoms with van der Waals surface area (Å²) in [7, 11) is 3.98. The Hall–Kier alpha value is -2.44. The van der Waals surface area contributed by atoms with Crippen molar-refractivity contribution in [1.29, 1.82) is 0 Å². The van der Waals surface area contributed by atoms with E-state index in [-0.39, 0.29) is 5.95 Å². The zero-order chi connectivity index (χ0) is 12.3. The third-order valence-corrected chi connectivity index (χ3v) is 2.20. The molecule has 0 atom stereocenters. The van der Waals surface area contributed by atoms with E-state index in [2.05, 4.69) is 20.6 Å². The number of aromatic nitrogens is 4. The molecule has 0 aliphatic heterocycles. The van der Waals surface area contributed by atoms with Gasteiger partial charge in [0.2, 0.25) is 0 Å². The third kappa shape index (κ3) is 2.57. The van der Waals surface area contributed by atoms with E-state index in [1.54, 1.807) is 6.21 Å². The maximum Gasteiger partial charge on any atom is 0.263 e. The highest BCUT2D eigenvalue weighted by molar-refractivity contribution is 5.80. The monoisotopic (exact) mass is 231 g/mol. The molecule has 17 heavy (non-hydrogen) atoms. The van der Waals surface area contributed by atoms with Gasteiger partial charge in [0, 0.05) is 19.8 Å². The van der Waals surface area contributed by atoms with Crippen LogP contribution >= 0.6 is 0 Å². The summed E-state index contributed by atoms with van der Waals surface area (Å²) in [6.45, 7) is 0. The third-order valence-electron chi connectivity index (χ3n) is 2.20. The van der Waals surface area contributed by atoms with Gasteiger partial charge in [-0.25, -0.2) is 0 Å². The molecule has 2 rings (SSSR count). The number of anilines is 2. The normalized spacial score (nSPS) is 10.9. The lowest BCUT2D eigenvalue weighted by molar-refractivity contribution is 0.699. The van der Waals surface area contributed by atoms with E-state index >= 15 is 0 Å². The van der Waals surface area contributed by atoms with Gasteiger partial charge in [-0.3, -0.25) is 0 Å². The summed E-state index contributed by atoms with van der Waals surface area (Å²) in [5.41, 5.74) is 7.55. The lowest BCUT2D eigenvalue weighted by Gasteiger charge is -2.11. The van der Waals surface area contributed by atoms with Crippen LogP contribution in [0, 0.1) is 0 Å². The summed E-state index contributed by atoms with van der Waals surface area (Å²) >= 11 is 0. The highest BCUT2D eigenvalue weighted by atomic mass is 15.7. The summed E-state index contributed by atoms with van der Waals surface area (Å²) in [5.74, 6) is 0.158. The molecule has 0 radical (unpaired) electrons. The van der Waals surface area contributed by atoms with Crippen LogP contribution < -0.4 is 10.6 Å². The fourth-order valence-electron chi connectivity index (χ4n) is 1.25. The van der Waals surface area contributed by atoms with Crippen LogP contribution in [0.3, 0.4) is 0 Å². The first-order chi connectivity index (χ1) is 8.16. The van der Waals surface area contributed by atoms with Gasteiger partial charge in [-0.05, 0) is 28.1 Å². The van der Waals surface area contributed by atoms with Crippen molar-refractivity contribution in [2.24, 2.45) is 5.10 Å². The SMILES string of the molecule is CN(C)c1ccc(/C=N/n2nnnc2N)cc1. The number of rotatable bonds is 3. The summed E-state index contributed by atoms with van der Waals surface area (Å²) in [6.07, 6.45) is 1.64. The minimum atomic E-state index is 0.158. The van der Waals surface area contributed by atoms with Gasteiger partial charge in [0.05, 0.1) is 6.21 Å². The first kappa shape index (κ1) is 11.1. The molecule has 0 aliphatic carbocycles. The molecule has 88 valence electrons. The Morgan fingerprint density at radius 1 is 1.29 bits per heavy atom. The van der Waals surface area contributed by atoms with Gasteiger partial charge < -0.3 is 10.6 Å². The number of nitrogen functional groups attached to an aromatic ring is 1. The van der Waals surface area contributed by atoms with Crippen LogP contribution in [0.15, 0.2) is 29.4 Å². The zero-order valence-corrected chi connectivity index (χ0v) is 9.65. The minimum Gasteiger partial charge on any atom is -0.378 e. The second kappa shape index (κ2) is 4.60. The van der Waals surface area contributed by atoms with Crippen molar-refractivity contribution in [3.63, 3.8) is 0 Å². The van der Waals surface area contributed by atoms with Crippen molar-refractivity contribution in [1.82, 2.24) is 20.3 Å². The molecule has 0 unspecified atom stereocenters. The molecule has 2 aromatic rings. The Morgan fingerprint density at radius 2 is 2.00 bits per heavy atom. The molecule has 0 spiro atoms. The maximum absolute atomic E-state index is 5.47. The number of benzene rings is 1. The quantitative estimate of drug-likeness (QED) is 0.763. The van der Waals surface area contributed by atoms with E-state index in [0.717, 1.165) is 11.3 Å². The molecule has 0 saturated carbocycles. The number of tetrazole rings is 1. The highest BCUT2D eigenvalue weighted by Crippen LogP contribution is 2.10. The fourth-order valence-corrected chi connectivity index (χ4v) is 1.25. The second-order valence-corrected chi connectivity index (χ2v) is 3.66. The van der Waals surface area contributed by atoms with Gasteiger partial charge in [-0.2, -0.15) is 5.10 Å². The Balaban J connectivity index is 2.14. The van der Waals surface area contributed by atoms with Crippen LogP contribution in [0.1, 0.15) is 5.56 Å². The van der Waals surface area contributed by atoms with E-state index in [1.165, 1.54) is 4.79 Å². The molecule has 1 aromatic heterocycles. The summed E-state index contributed by atoms with van der Waals surface area (Å²) in [6, 6.07) is 7.92. The Kier molecular flexibility index (Phi) is 2.99. The summed E-state index contributed by atoms with van der Waals surface area (Å²) in [5, 5.41) is 14.5. The molecular formula is C10H13N7. The van der Waals surface area contributed by atoms with E-state index in [1.807, 2.05) is 43.3 Å². The van der Waals surface area contributed by atoms with E-state index in [4.69, 9.17) is 5.73 Å². The maximum atomic E-state index is 5.47. The zero-order valence-electron chi connectivity index (χ0n) is 9.65. The Labute approximate surface area is 98.5 Å². The van der Waals surface area contributed by atoms with Crippen LogP contribution in [0.5, 0.6) is 0 Å². The molecule has 7 nitrogen and oxygen atoms in total. The average Bonchev–Trinajstić information content (AvgIpc) is 2.73. The Bertz CT molecular complexity index is 512. The van der Waals surface area contributed by atoms with Gasteiger partial charge in [0.1, 0.15) is 0 Å². The molecule has 0 bridgehead atoms. The van der Waals surface area contributed by atoms with Crippen LogP contribution in [-0.4, -0.2) is 40.6 Å². The largest absolute Gasteiger partial charge is 0.378 e. The van der Waals surface area contributed by atoms with Crippen molar-refractivity contribution < 1.29 is 0 Å². The van der Waals surface area contributed by atoms with Crippen molar-refractivity contribution in [3.8, 4) is 0 Å². The van der Waals surface area contributed by atoms with Gasteiger partial charge in [-0.1, -0.05) is 22.0 Å². The van der Waals surface area contributed by atoms with Gasteiger partial charge in [0.25, 0.3) is 5.95 Å². The van der Waals surface area contributed by atoms with Crippen LogP contribution in [-0.2, 0) is 0 Å². The number of hydrogen-bond acceptors (Lipinski definition) is 6. The molecule has 7 heteroatoms. The summed E-state index contributed by atoms with van der Waals surface area (Å²) < 4.78 is 0. The van der Waals surface area contributed by atoms with Crippen molar-refractivity contribution in [3.05, 3.63) is 29.8 Å². The predicted molar refractivity (Wildman–Crippen MR) is 66.0 cm³/mol. The van der Waals surface area contributed by atoms with Crippen LogP contribution in [0.4, 0.5) is 11.6 Å². The smallest absolute Gasteiger partial charge is 0.263 e. The first-order valence-electron chi connectivity index (χ1n) is 5.02. The molecule has 0 fully saturated rings. The molecule has 0 amide bonds. The highest BCUT2D eigenvalue weighted by Gasteiger charge is 1.97. The van der Waals surface area contributed by atoms with Crippen LogP contribution in [0.25, 0.3) is 0 Å². The first-order valence-corrected chi connectivity index (χ1v) is 5.02.